The van der Waals surface area contributed by atoms with Crippen LogP contribution in [0.5, 0.6) is 0 Å². The number of aromatic nitrogens is 8. The van der Waals surface area contributed by atoms with E-state index < -0.39 is 0 Å². The maximum atomic E-state index is 4.58. The maximum Gasteiger partial charge on any atom is 0.113 e. The zero-order chi connectivity index (χ0) is 35.6. The molecule has 0 saturated heterocycles. The lowest BCUT2D eigenvalue weighted by molar-refractivity contribution is 0.803. The SMILES string of the molecule is c1cc(-c2cn(-c3cccc(-n4c5ccccc5c5ccccc54)c3)nn2)cc(-c2cn(-c3cccc(-n4c5ccccc5c5ccccc54)c3)nn2)c1. The lowest BCUT2D eigenvalue weighted by atomic mass is 10.1. The Kier molecular flexibility index (Phi) is 6.69. The van der Waals surface area contributed by atoms with Crippen LogP contribution in [0.25, 0.3) is 88.9 Å². The van der Waals surface area contributed by atoms with Gasteiger partial charge in [-0.1, -0.05) is 114 Å². The molecular weight excluding hydrogens is 665 g/mol. The Hall–Kier alpha value is -7.58. The van der Waals surface area contributed by atoms with Gasteiger partial charge in [0.2, 0.25) is 0 Å². The van der Waals surface area contributed by atoms with Crippen molar-refractivity contribution in [2.45, 2.75) is 0 Å². The Balaban J connectivity index is 0.903. The van der Waals surface area contributed by atoms with Gasteiger partial charge >= 0.3 is 0 Å². The van der Waals surface area contributed by atoms with Crippen LogP contribution in [0.1, 0.15) is 0 Å². The van der Waals surface area contributed by atoms with Crippen LogP contribution in [0.15, 0.2) is 182 Å². The summed E-state index contributed by atoms with van der Waals surface area (Å²) < 4.78 is 8.28. The van der Waals surface area contributed by atoms with E-state index in [0.717, 1.165) is 45.3 Å². The minimum Gasteiger partial charge on any atom is -0.309 e. The van der Waals surface area contributed by atoms with Crippen LogP contribution in [0.2, 0.25) is 0 Å². The van der Waals surface area contributed by atoms with Crippen molar-refractivity contribution < 1.29 is 0 Å². The van der Waals surface area contributed by atoms with Crippen molar-refractivity contribution in [2.75, 3.05) is 0 Å². The van der Waals surface area contributed by atoms with Crippen LogP contribution in [0.4, 0.5) is 0 Å². The molecule has 0 unspecified atom stereocenters. The number of fused-ring (bicyclic) bond motifs is 6. The van der Waals surface area contributed by atoms with Crippen LogP contribution in [-0.4, -0.2) is 39.1 Å². The third-order valence-corrected chi connectivity index (χ3v) is 10.3. The van der Waals surface area contributed by atoms with E-state index in [0.29, 0.717) is 0 Å². The smallest absolute Gasteiger partial charge is 0.113 e. The van der Waals surface area contributed by atoms with E-state index >= 15 is 0 Å². The van der Waals surface area contributed by atoms with Crippen LogP contribution < -0.4 is 0 Å². The van der Waals surface area contributed by atoms with Gasteiger partial charge in [-0.2, -0.15) is 0 Å². The van der Waals surface area contributed by atoms with Gasteiger partial charge < -0.3 is 9.13 Å². The number of nitrogens with zero attached hydrogens (tertiary/aromatic N) is 8. The van der Waals surface area contributed by atoms with E-state index in [1.165, 1.54) is 43.6 Å². The second-order valence-corrected chi connectivity index (χ2v) is 13.5. The Bertz CT molecular complexity index is 2880. The number of hydrogen-bond acceptors (Lipinski definition) is 4. The topological polar surface area (TPSA) is 71.3 Å². The average molecular weight is 695 g/mol. The highest BCUT2D eigenvalue weighted by molar-refractivity contribution is 6.10. The van der Waals surface area contributed by atoms with Crippen LogP contribution in [0, 0.1) is 0 Å². The summed E-state index contributed by atoms with van der Waals surface area (Å²) >= 11 is 0. The second kappa shape index (κ2) is 12.0. The fraction of sp³-hybridized carbons (Fsp3) is 0. The monoisotopic (exact) mass is 694 g/mol. The van der Waals surface area contributed by atoms with Gasteiger partial charge in [0.25, 0.3) is 0 Å². The second-order valence-electron chi connectivity index (χ2n) is 13.5. The van der Waals surface area contributed by atoms with Crippen LogP contribution in [0.3, 0.4) is 0 Å². The molecule has 0 fully saturated rings. The summed E-state index contributed by atoms with van der Waals surface area (Å²) in [5.41, 5.74) is 12.1. The molecule has 254 valence electrons. The molecule has 11 rings (SSSR count). The molecule has 0 spiro atoms. The largest absolute Gasteiger partial charge is 0.309 e. The zero-order valence-corrected chi connectivity index (χ0v) is 28.9. The molecule has 0 atom stereocenters. The molecule has 0 bridgehead atoms. The summed E-state index contributed by atoms with van der Waals surface area (Å²) in [4.78, 5) is 0. The van der Waals surface area contributed by atoms with Gasteiger partial charge in [-0.05, 0) is 66.7 Å². The zero-order valence-electron chi connectivity index (χ0n) is 28.9. The lowest BCUT2D eigenvalue weighted by Gasteiger charge is -2.10. The molecule has 8 heteroatoms. The molecule has 0 aliphatic rings. The first kappa shape index (κ1) is 30.1. The van der Waals surface area contributed by atoms with E-state index in [-0.39, 0.29) is 0 Å². The quantitative estimate of drug-likeness (QED) is 0.174. The van der Waals surface area contributed by atoms with E-state index in [2.05, 4.69) is 181 Å². The molecule has 54 heavy (non-hydrogen) atoms. The van der Waals surface area contributed by atoms with Crippen LogP contribution in [-0.2, 0) is 0 Å². The van der Waals surface area contributed by atoms with Crippen molar-refractivity contribution in [2.24, 2.45) is 0 Å². The molecular formula is C46H30N8. The van der Waals surface area contributed by atoms with Crippen LogP contribution >= 0.6 is 0 Å². The van der Waals surface area contributed by atoms with Gasteiger partial charge in [0.15, 0.2) is 0 Å². The molecule has 4 aromatic heterocycles. The third kappa shape index (κ3) is 4.78. The molecule has 7 aromatic carbocycles. The summed E-state index contributed by atoms with van der Waals surface area (Å²) in [6.07, 6.45) is 3.95. The molecule has 0 amide bonds. The van der Waals surface area contributed by atoms with Gasteiger partial charge in [0, 0.05) is 44.0 Å². The van der Waals surface area contributed by atoms with E-state index in [1.807, 2.05) is 40.0 Å². The van der Waals surface area contributed by atoms with Gasteiger partial charge in [-0.25, -0.2) is 9.36 Å². The molecule has 11 aromatic rings. The highest BCUT2D eigenvalue weighted by atomic mass is 15.4. The molecule has 0 aliphatic heterocycles. The summed E-state index contributed by atoms with van der Waals surface area (Å²) in [6, 6.07) is 59.2. The van der Waals surface area contributed by atoms with Gasteiger partial charge in [0.1, 0.15) is 11.4 Å². The summed E-state index contributed by atoms with van der Waals surface area (Å²) in [5, 5.41) is 23.2. The standard InChI is InChI=1S/C46H30N8/c1-5-22-43-37(18-1)38-19-2-6-23-44(38)53(43)35-16-10-14-33(27-35)51-29-41(47-49-51)31-12-9-13-32(26-31)42-30-52(50-48-42)34-15-11-17-36(28-34)54-45-24-7-3-20-39(45)40-21-4-8-25-46(40)54/h1-30H. The van der Waals surface area contributed by atoms with Crippen molar-refractivity contribution in [1.29, 1.82) is 0 Å². The third-order valence-electron chi connectivity index (χ3n) is 10.3. The predicted octanol–water partition coefficient (Wildman–Crippen LogP) is 10.4. The first-order valence-electron chi connectivity index (χ1n) is 17.9. The highest BCUT2D eigenvalue weighted by Crippen LogP contribution is 2.34. The van der Waals surface area contributed by atoms with Crippen molar-refractivity contribution in [1.82, 2.24) is 39.1 Å². The molecule has 0 N–H and O–H groups in total. The summed E-state index contributed by atoms with van der Waals surface area (Å²) in [7, 11) is 0. The molecule has 4 heterocycles. The van der Waals surface area contributed by atoms with Gasteiger partial charge in [-0.3, -0.25) is 0 Å². The van der Waals surface area contributed by atoms with E-state index in [9.17, 15) is 0 Å². The molecule has 0 aliphatic carbocycles. The fourth-order valence-electron chi connectivity index (χ4n) is 7.83. The number of benzene rings is 7. The van der Waals surface area contributed by atoms with Crippen molar-refractivity contribution in [3.63, 3.8) is 0 Å². The molecule has 8 nitrogen and oxygen atoms in total. The van der Waals surface area contributed by atoms with Gasteiger partial charge in [0.05, 0.1) is 45.8 Å². The first-order chi connectivity index (χ1) is 26.8. The maximum absolute atomic E-state index is 4.58. The number of para-hydroxylation sites is 4. The highest BCUT2D eigenvalue weighted by Gasteiger charge is 2.15. The van der Waals surface area contributed by atoms with Crippen molar-refractivity contribution in [3.8, 4) is 45.3 Å². The lowest BCUT2D eigenvalue weighted by Crippen LogP contribution is -1.99. The average Bonchev–Trinajstić information content (AvgIpc) is 4.05. The Labute approximate surface area is 309 Å². The summed E-state index contributed by atoms with van der Waals surface area (Å²) in [5.74, 6) is 0. The van der Waals surface area contributed by atoms with E-state index in [4.69, 9.17) is 0 Å². The Morgan fingerprint density at radius 3 is 1.07 bits per heavy atom. The predicted molar refractivity (Wildman–Crippen MR) is 216 cm³/mol. The Morgan fingerprint density at radius 1 is 0.315 bits per heavy atom. The van der Waals surface area contributed by atoms with Crippen molar-refractivity contribution >= 4 is 43.6 Å². The number of rotatable bonds is 6. The Morgan fingerprint density at radius 2 is 0.667 bits per heavy atom. The fourth-order valence-corrected chi connectivity index (χ4v) is 7.83. The first-order valence-corrected chi connectivity index (χ1v) is 17.9. The normalized spacial score (nSPS) is 11.7. The summed E-state index contributed by atoms with van der Waals surface area (Å²) in [6.45, 7) is 0. The molecule has 0 saturated carbocycles. The molecule has 0 radical (unpaired) electrons. The van der Waals surface area contributed by atoms with Gasteiger partial charge in [-0.15, -0.1) is 10.2 Å². The van der Waals surface area contributed by atoms with Crippen molar-refractivity contribution in [3.05, 3.63) is 182 Å². The number of hydrogen-bond donors (Lipinski definition) is 0. The minimum atomic E-state index is 0.769. The van der Waals surface area contributed by atoms with E-state index in [1.54, 1.807) is 0 Å². The minimum absolute atomic E-state index is 0.769.